The normalized spacial score (nSPS) is 21.2. The molecule has 1 unspecified atom stereocenters. The van der Waals surface area contributed by atoms with Gasteiger partial charge in [-0.3, -0.25) is 0 Å². The van der Waals surface area contributed by atoms with Gasteiger partial charge in [-0.15, -0.1) is 0 Å². The number of fused-ring (bicyclic) bond motifs is 1. The maximum absolute atomic E-state index is 5.29. The number of aromatic nitrogens is 1. The van der Waals surface area contributed by atoms with E-state index in [2.05, 4.69) is 22.6 Å². The van der Waals surface area contributed by atoms with Crippen molar-refractivity contribution in [2.75, 3.05) is 13.1 Å². The van der Waals surface area contributed by atoms with Crippen molar-refractivity contribution in [3.63, 3.8) is 0 Å². The first kappa shape index (κ1) is 8.92. The van der Waals surface area contributed by atoms with Crippen LogP contribution in [-0.4, -0.2) is 18.2 Å². The minimum Gasteiger partial charge on any atom is -0.356 e. The molecule has 0 bridgehead atoms. The number of hydrogen-bond acceptors (Lipinski definition) is 3. The van der Waals surface area contributed by atoms with E-state index in [9.17, 15) is 0 Å². The van der Waals surface area contributed by atoms with Crippen LogP contribution in [-0.2, 0) is 6.42 Å². The first-order chi connectivity index (χ1) is 7.43. The van der Waals surface area contributed by atoms with Gasteiger partial charge in [-0.1, -0.05) is 17.3 Å². The molecule has 1 saturated heterocycles. The molecule has 0 saturated carbocycles. The van der Waals surface area contributed by atoms with Crippen molar-refractivity contribution in [2.45, 2.75) is 12.8 Å². The van der Waals surface area contributed by atoms with Crippen molar-refractivity contribution < 1.29 is 4.52 Å². The van der Waals surface area contributed by atoms with Crippen molar-refractivity contribution in [2.24, 2.45) is 5.92 Å². The van der Waals surface area contributed by atoms with Gasteiger partial charge in [0.05, 0.1) is 6.20 Å². The molecule has 1 fully saturated rings. The Morgan fingerprint density at radius 2 is 2.47 bits per heavy atom. The lowest BCUT2D eigenvalue weighted by Crippen LogP contribution is -2.10. The van der Waals surface area contributed by atoms with E-state index in [4.69, 9.17) is 4.52 Å². The van der Waals surface area contributed by atoms with E-state index in [1.165, 1.54) is 12.0 Å². The summed E-state index contributed by atoms with van der Waals surface area (Å²) in [6.45, 7) is 2.28. The van der Waals surface area contributed by atoms with E-state index in [0.717, 1.165) is 36.4 Å². The van der Waals surface area contributed by atoms with E-state index in [1.54, 1.807) is 6.20 Å². The molecule has 1 aromatic heterocycles. The Kier molecular flexibility index (Phi) is 2.18. The average molecular weight is 202 g/mol. The second kappa shape index (κ2) is 3.66. The molecular formula is C12H14N2O. The highest BCUT2D eigenvalue weighted by molar-refractivity contribution is 5.79. The molecule has 15 heavy (non-hydrogen) atoms. The van der Waals surface area contributed by atoms with Gasteiger partial charge in [-0.05, 0) is 43.5 Å². The Balaban J connectivity index is 1.92. The minimum absolute atomic E-state index is 0.751. The van der Waals surface area contributed by atoms with Crippen molar-refractivity contribution in [1.29, 1.82) is 0 Å². The van der Waals surface area contributed by atoms with Crippen LogP contribution in [0.2, 0.25) is 0 Å². The highest BCUT2D eigenvalue weighted by Crippen LogP contribution is 2.22. The first-order valence-electron chi connectivity index (χ1n) is 5.46. The highest BCUT2D eigenvalue weighted by Gasteiger charge is 2.16. The lowest BCUT2D eigenvalue weighted by atomic mass is 9.98. The van der Waals surface area contributed by atoms with Crippen molar-refractivity contribution in [3.05, 3.63) is 30.0 Å². The zero-order valence-corrected chi connectivity index (χ0v) is 8.57. The van der Waals surface area contributed by atoms with Gasteiger partial charge in [0.1, 0.15) is 0 Å². The first-order valence-corrected chi connectivity index (χ1v) is 5.46. The predicted molar refractivity (Wildman–Crippen MR) is 58.7 cm³/mol. The van der Waals surface area contributed by atoms with Crippen LogP contribution < -0.4 is 5.32 Å². The second-order valence-electron chi connectivity index (χ2n) is 4.22. The molecule has 2 aromatic rings. The second-order valence-corrected chi connectivity index (χ2v) is 4.22. The van der Waals surface area contributed by atoms with Gasteiger partial charge < -0.3 is 9.84 Å². The Bertz CT molecular complexity index is 457. The summed E-state index contributed by atoms with van der Waals surface area (Å²) < 4.78 is 5.29. The Morgan fingerprint density at radius 3 is 3.33 bits per heavy atom. The van der Waals surface area contributed by atoms with Gasteiger partial charge >= 0.3 is 0 Å². The maximum Gasteiger partial charge on any atom is 0.170 e. The Hall–Kier alpha value is -1.35. The third-order valence-electron chi connectivity index (χ3n) is 3.13. The third kappa shape index (κ3) is 1.63. The molecule has 3 heteroatoms. The summed E-state index contributed by atoms with van der Waals surface area (Å²) in [5.41, 5.74) is 2.25. The molecule has 3 nitrogen and oxygen atoms in total. The van der Waals surface area contributed by atoms with Crippen LogP contribution in [0.1, 0.15) is 12.0 Å². The summed E-state index contributed by atoms with van der Waals surface area (Å²) in [5, 5.41) is 8.34. The molecule has 1 aromatic carbocycles. The molecule has 0 radical (unpaired) electrons. The molecule has 1 N–H and O–H groups in total. The summed E-state index contributed by atoms with van der Waals surface area (Å²) in [4.78, 5) is 0. The largest absolute Gasteiger partial charge is 0.356 e. The van der Waals surface area contributed by atoms with Crippen LogP contribution in [0, 0.1) is 5.92 Å². The van der Waals surface area contributed by atoms with Crippen LogP contribution in [0.5, 0.6) is 0 Å². The molecule has 1 aliphatic rings. The van der Waals surface area contributed by atoms with Crippen LogP contribution >= 0.6 is 0 Å². The lowest BCUT2D eigenvalue weighted by Gasteiger charge is -2.07. The van der Waals surface area contributed by atoms with E-state index < -0.39 is 0 Å². The van der Waals surface area contributed by atoms with E-state index in [-0.39, 0.29) is 0 Å². The highest BCUT2D eigenvalue weighted by atomic mass is 16.5. The molecule has 0 aliphatic carbocycles. The standard InChI is InChI=1S/C12H14N2O/c1-2-10(6-9-4-5-13-7-9)12-11(3-1)8-14-15-12/h1-3,8-9,13H,4-7H2. The van der Waals surface area contributed by atoms with E-state index in [0.29, 0.717) is 0 Å². The fourth-order valence-electron chi connectivity index (χ4n) is 2.31. The zero-order chi connectivity index (χ0) is 10.1. The lowest BCUT2D eigenvalue weighted by molar-refractivity contribution is 0.451. The molecule has 1 aliphatic heterocycles. The van der Waals surface area contributed by atoms with Crippen LogP contribution in [0.3, 0.4) is 0 Å². The van der Waals surface area contributed by atoms with Gasteiger partial charge in [0.15, 0.2) is 5.58 Å². The molecule has 3 rings (SSSR count). The predicted octanol–water partition coefficient (Wildman–Crippen LogP) is 1.98. The maximum atomic E-state index is 5.29. The summed E-state index contributed by atoms with van der Waals surface area (Å²) >= 11 is 0. The number of para-hydroxylation sites is 1. The van der Waals surface area contributed by atoms with Crippen LogP contribution in [0.4, 0.5) is 0 Å². The Morgan fingerprint density at radius 1 is 1.47 bits per heavy atom. The van der Waals surface area contributed by atoms with Gasteiger partial charge in [0.2, 0.25) is 0 Å². The summed E-state index contributed by atoms with van der Waals surface area (Å²) in [6.07, 6.45) is 4.15. The fourth-order valence-corrected chi connectivity index (χ4v) is 2.31. The quantitative estimate of drug-likeness (QED) is 0.809. The zero-order valence-electron chi connectivity index (χ0n) is 8.57. The number of nitrogens with one attached hydrogen (secondary N) is 1. The van der Waals surface area contributed by atoms with Crippen LogP contribution in [0.25, 0.3) is 11.0 Å². The average Bonchev–Trinajstić information content (AvgIpc) is 2.87. The number of rotatable bonds is 2. The van der Waals surface area contributed by atoms with Gasteiger partial charge in [-0.2, -0.15) is 0 Å². The molecule has 1 atom stereocenters. The van der Waals surface area contributed by atoms with E-state index >= 15 is 0 Å². The summed E-state index contributed by atoms with van der Waals surface area (Å²) in [7, 11) is 0. The summed E-state index contributed by atoms with van der Waals surface area (Å²) in [6, 6.07) is 6.27. The number of benzene rings is 1. The van der Waals surface area contributed by atoms with Gasteiger partial charge in [-0.25, -0.2) is 0 Å². The molecule has 0 amide bonds. The Labute approximate surface area is 88.4 Å². The molecule has 2 heterocycles. The van der Waals surface area contributed by atoms with Crippen LogP contribution in [0.15, 0.2) is 28.9 Å². The van der Waals surface area contributed by atoms with Gasteiger partial charge in [0, 0.05) is 5.39 Å². The third-order valence-corrected chi connectivity index (χ3v) is 3.13. The van der Waals surface area contributed by atoms with Crippen molar-refractivity contribution >= 4 is 11.0 Å². The number of hydrogen-bond donors (Lipinski definition) is 1. The van der Waals surface area contributed by atoms with E-state index in [1.807, 2.05) is 6.07 Å². The minimum atomic E-state index is 0.751. The SMILES string of the molecule is c1cc(CC2CCNC2)c2oncc2c1. The van der Waals surface area contributed by atoms with Crippen molar-refractivity contribution in [1.82, 2.24) is 10.5 Å². The number of nitrogens with zero attached hydrogens (tertiary/aromatic N) is 1. The molecule has 0 spiro atoms. The topological polar surface area (TPSA) is 38.1 Å². The fraction of sp³-hybridized carbons (Fsp3) is 0.417. The monoisotopic (exact) mass is 202 g/mol. The smallest absolute Gasteiger partial charge is 0.170 e. The summed E-state index contributed by atoms with van der Waals surface area (Å²) in [5.74, 6) is 0.751. The molecular weight excluding hydrogens is 188 g/mol. The molecule has 78 valence electrons. The van der Waals surface area contributed by atoms with Crippen molar-refractivity contribution in [3.8, 4) is 0 Å². The van der Waals surface area contributed by atoms with Gasteiger partial charge in [0.25, 0.3) is 0 Å².